The number of rotatable bonds is 6. The molecule has 1 aromatic heterocycles. The van der Waals surface area contributed by atoms with Crippen molar-refractivity contribution in [3.05, 3.63) is 47.5 Å². The van der Waals surface area contributed by atoms with Crippen molar-refractivity contribution in [1.29, 1.82) is 0 Å². The molecule has 21 heavy (non-hydrogen) atoms. The Labute approximate surface area is 122 Å². The van der Waals surface area contributed by atoms with Gasteiger partial charge in [-0.15, -0.1) is 0 Å². The van der Waals surface area contributed by atoms with E-state index in [9.17, 15) is 13.2 Å². The minimum Gasteiger partial charge on any atom is -0.461 e. The van der Waals surface area contributed by atoms with E-state index >= 15 is 0 Å². The lowest BCUT2D eigenvalue weighted by Gasteiger charge is -2.10. The second kappa shape index (κ2) is 6.80. The fourth-order valence-corrected chi connectivity index (χ4v) is 2.11. The predicted molar refractivity (Wildman–Crippen MR) is 75.5 cm³/mol. The highest BCUT2D eigenvalue weighted by atomic mass is 19.2. The second-order valence-electron chi connectivity index (χ2n) is 5.08. The van der Waals surface area contributed by atoms with Gasteiger partial charge in [-0.25, -0.2) is 13.2 Å². The van der Waals surface area contributed by atoms with E-state index in [-0.39, 0.29) is 11.6 Å². The van der Waals surface area contributed by atoms with Gasteiger partial charge in [-0.3, -0.25) is 0 Å². The van der Waals surface area contributed by atoms with Crippen molar-refractivity contribution in [1.82, 2.24) is 5.32 Å². The van der Waals surface area contributed by atoms with E-state index in [0.717, 1.165) is 25.1 Å². The van der Waals surface area contributed by atoms with Crippen LogP contribution in [0.2, 0.25) is 0 Å². The van der Waals surface area contributed by atoms with Gasteiger partial charge in [0, 0.05) is 18.0 Å². The van der Waals surface area contributed by atoms with Gasteiger partial charge in [-0.1, -0.05) is 6.92 Å². The summed E-state index contributed by atoms with van der Waals surface area (Å²) in [6.07, 6.45) is 1.72. The van der Waals surface area contributed by atoms with Crippen LogP contribution in [-0.2, 0) is 6.42 Å². The molecule has 1 atom stereocenters. The van der Waals surface area contributed by atoms with Crippen LogP contribution in [0.5, 0.6) is 0 Å². The lowest BCUT2D eigenvalue weighted by atomic mass is 10.1. The molecule has 0 fully saturated rings. The van der Waals surface area contributed by atoms with E-state index in [2.05, 4.69) is 12.2 Å². The maximum Gasteiger partial charge on any atom is 0.194 e. The molecule has 1 aromatic carbocycles. The van der Waals surface area contributed by atoms with Gasteiger partial charge in [0.25, 0.3) is 0 Å². The summed E-state index contributed by atoms with van der Waals surface area (Å²) in [6, 6.07) is 5.50. The maximum atomic E-state index is 13.2. The van der Waals surface area contributed by atoms with Crippen LogP contribution >= 0.6 is 0 Å². The summed E-state index contributed by atoms with van der Waals surface area (Å²) in [6.45, 7) is 5.04. The molecule has 1 unspecified atom stereocenters. The second-order valence-corrected chi connectivity index (χ2v) is 5.08. The molecule has 114 valence electrons. The Morgan fingerprint density at radius 1 is 1.14 bits per heavy atom. The molecule has 0 bridgehead atoms. The lowest BCUT2D eigenvalue weighted by Crippen LogP contribution is -2.28. The fraction of sp³-hybridized carbons (Fsp3) is 0.375. The van der Waals surface area contributed by atoms with Crippen LogP contribution in [0.15, 0.2) is 28.7 Å². The van der Waals surface area contributed by atoms with Gasteiger partial charge in [-0.2, -0.15) is 0 Å². The molecule has 1 N–H and O–H groups in total. The van der Waals surface area contributed by atoms with Gasteiger partial charge in [0.1, 0.15) is 11.5 Å². The average Bonchev–Trinajstić information content (AvgIpc) is 2.90. The number of furan rings is 1. The van der Waals surface area contributed by atoms with Crippen LogP contribution in [0.3, 0.4) is 0 Å². The van der Waals surface area contributed by atoms with Gasteiger partial charge in [-0.05, 0) is 44.2 Å². The molecular formula is C16H18F3NO. The third-order valence-electron chi connectivity index (χ3n) is 3.18. The summed E-state index contributed by atoms with van der Waals surface area (Å²) in [4.78, 5) is 0. The summed E-state index contributed by atoms with van der Waals surface area (Å²) in [5.74, 6) is -2.87. The third-order valence-corrected chi connectivity index (χ3v) is 3.18. The van der Waals surface area contributed by atoms with E-state index in [4.69, 9.17) is 4.42 Å². The van der Waals surface area contributed by atoms with E-state index in [1.54, 1.807) is 12.1 Å². The van der Waals surface area contributed by atoms with Crippen molar-refractivity contribution in [2.24, 2.45) is 0 Å². The number of hydrogen-bond donors (Lipinski definition) is 1. The molecule has 0 amide bonds. The van der Waals surface area contributed by atoms with Crippen LogP contribution < -0.4 is 5.32 Å². The van der Waals surface area contributed by atoms with Crippen LogP contribution in [-0.4, -0.2) is 12.6 Å². The largest absolute Gasteiger partial charge is 0.461 e. The molecule has 0 aliphatic rings. The van der Waals surface area contributed by atoms with E-state index in [1.807, 2.05) is 6.92 Å². The van der Waals surface area contributed by atoms with Gasteiger partial charge >= 0.3 is 0 Å². The normalized spacial score (nSPS) is 12.6. The Morgan fingerprint density at radius 2 is 1.81 bits per heavy atom. The third kappa shape index (κ3) is 3.88. The maximum absolute atomic E-state index is 13.2. The summed E-state index contributed by atoms with van der Waals surface area (Å²) in [5.41, 5.74) is 0.187. The van der Waals surface area contributed by atoms with Crippen molar-refractivity contribution in [2.45, 2.75) is 32.7 Å². The molecule has 1 heterocycles. The van der Waals surface area contributed by atoms with Crippen molar-refractivity contribution in [2.75, 3.05) is 6.54 Å². The van der Waals surface area contributed by atoms with Gasteiger partial charge in [0.2, 0.25) is 0 Å². The highest BCUT2D eigenvalue weighted by molar-refractivity contribution is 5.57. The molecule has 0 aliphatic heterocycles. The average molecular weight is 297 g/mol. The molecule has 2 nitrogen and oxygen atoms in total. The minimum absolute atomic E-state index is 0.187. The Balaban J connectivity index is 2.13. The van der Waals surface area contributed by atoms with Crippen LogP contribution in [0.4, 0.5) is 13.2 Å². The Bertz CT molecular complexity index is 586. The van der Waals surface area contributed by atoms with Crippen molar-refractivity contribution < 1.29 is 17.6 Å². The molecular weight excluding hydrogens is 279 g/mol. The molecule has 5 heteroatoms. The quantitative estimate of drug-likeness (QED) is 0.804. The molecule has 0 spiro atoms. The van der Waals surface area contributed by atoms with Gasteiger partial charge in [0.15, 0.2) is 17.5 Å². The Kier molecular flexibility index (Phi) is 5.07. The first-order valence-corrected chi connectivity index (χ1v) is 6.98. The van der Waals surface area contributed by atoms with Crippen molar-refractivity contribution in [3.8, 4) is 11.3 Å². The molecule has 0 saturated carbocycles. The lowest BCUT2D eigenvalue weighted by molar-refractivity contribution is 0.444. The fourth-order valence-electron chi connectivity index (χ4n) is 2.11. The zero-order valence-corrected chi connectivity index (χ0v) is 12.1. The number of hydrogen-bond acceptors (Lipinski definition) is 2. The van der Waals surface area contributed by atoms with Crippen molar-refractivity contribution in [3.63, 3.8) is 0 Å². The van der Waals surface area contributed by atoms with Crippen LogP contribution in [0.1, 0.15) is 26.0 Å². The smallest absolute Gasteiger partial charge is 0.194 e. The molecule has 2 rings (SSSR count). The SMILES string of the molecule is CCCNC(C)Cc1ccc(-c2cc(F)c(F)c(F)c2)o1. The highest BCUT2D eigenvalue weighted by Gasteiger charge is 2.14. The summed E-state index contributed by atoms with van der Waals surface area (Å²) < 4.78 is 44.9. The highest BCUT2D eigenvalue weighted by Crippen LogP contribution is 2.26. The van der Waals surface area contributed by atoms with E-state index in [0.29, 0.717) is 17.9 Å². The molecule has 2 aromatic rings. The van der Waals surface area contributed by atoms with E-state index < -0.39 is 17.5 Å². The van der Waals surface area contributed by atoms with Crippen molar-refractivity contribution >= 4 is 0 Å². The predicted octanol–water partition coefficient (Wildman–Crippen LogP) is 4.29. The minimum atomic E-state index is -1.47. The summed E-state index contributed by atoms with van der Waals surface area (Å²) in [5, 5.41) is 3.33. The number of benzene rings is 1. The van der Waals surface area contributed by atoms with E-state index in [1.165, 1.54) is 0 Å². The number of nitrogens with one attached hydrogen (secondary N) is 1. The van der Waals surface area contributed by atoms with Gasteiger partial charge < -0.3 is 9.73 Å². The topological polar surface area (TPSA) is 25.2 Å². The molecule has 0 radical (unpaired) electrons. The molecule has 0 saturated heterocycles. The standard InChI is InChI=1S/C16H18F3NO/c1-3-6-20-10(2)7-12-4-5-15(21-12)11-8-13(17)16(19)14(18)9-11/h4-5,8-10,20H,3,6-7H2,1-2H3. The monoisotopic (exact) mass is 297 g/mol. The van der Waals surface area contributed by atoms with Crippen LogP contribution in [0.25, 0.3) is 11.3 Å². The molecule has 0 aliphatic carbocycles. The first-order valence-electron chi connectivity index (χ1n) is 6.98. The summed E-state index contributed by atoms with van der Waals surface area (Å²) in [7, 11) is 0. The Hall–Kier alpha value is -1.75. The van der Waals surface area contributed by atoms with Gasteiger partial charge in [0.05, 0.1) is 0 Å². The number of halogens is 3. The summed E-state index contributed by atoms with van der Waals surface area (Å²) >= 11 is 0. The van der Waals surface area contributed by atoms with Crippen LogP contribution in [0, 0.1) is 17.5 Å². The first-order chi connectivity index (χ1) is 10.0. The first kappa shape index (κ1) is 15.6. The Morgan fingerprint density at radius 3 is 2.43 bits per heavy atom. The zero-order valence-electron chi connectivity index (χ0n) is 12.1. The zero-order chi connectivity index (χ0) is 15.4.